The number of piperazine rings is 1. The van der Waals surface area contributed by atoms with E-state index in [4.69, 9.17) is 0 Å². The van der Waals surface area contributed by atoms with E-state index in [2.05, 4.69) is 34.7 Å². The highest BCUT2D eigenvalue weighted by Crippen LogP contribution is 2.08. The van der Waals surface area contributed by atoms with Crippen molar-refractivity contribution in [1.29, 1.82) is 0 Å². The van der Waals surface area contributed by atoms with E-state index in [0.29, 0.717) is 12.1 Å². The SMILES string of the molecule is CNC(=O)NC(=O)C(C)N1CC(C)NC(C)C1. The fourth-order valence-electron chi connectivity index (χ4n) is 2.13. The van der Waals surface area contributed by atoms with Crippen molar-refractivity contribution in [3.63, 3.8) is 0 Å². The molecule has 3 N–H and O–H groups in total. The summed E-state index contributed by atoms with van der Waals surface area (Å²) in [4.78, 5) is 24.9. The number of urea groups is 1. The molecule has 0 aromatic heterocycles. The van der Waals surface area contributed by atoms with Crippen LogP contribution >= 0.6 is 0 Å². The van der Waals surface area contributed by atoms with Crippen LogP contribution in [-0.2, 0) is 4.79 Å². The summed E-state index contributed by atoms with van der Waals surface area (Å²) in [5.41, 5.74) is 0. The van der Waals surface area contributed by atoms with E-state index >= 15 is 0 Å². The molecule has 0 bridgehead atoms. The van der Waals surface area contributed by atoms with E-state index in [-0.39, 0.29) is 11.9 Å². The molecule has 17 heavy (non-hydrogen) atoms. The van der Waals surface area contributed by atoms with Gasteiger partial charge in [-0.2, -0.15) is 0 Å². The molecule has 0 aromatic carbocycles. The molecule has 3 amide bonds. The Morgan fingerprint density at radius 2 is 1.82 bits per heavy atom. The van der Waals surface area contributed by atoms with Crippen LogP contribution in [0.25, 0.3) is 0 Å². The summed E-state index contributed by atoms with van der Waals surface area (Å²) in [6, 6.07) is -0.0413. The Kier molecular flexibility index (Phi) is 4.89. The van der Waals surface area contributed by atoms with Crippen molar-refractivity contribution in [3.05, 3.63) is 0 Å². The van der Waals surface area contributed by atoms with Gasteiger partial charge in [0.15, 0.2) is 0 Å². The van der Waals surface area contributed by atoms with Crippen molar-refractivity contribution in [2.75, 3.05) is 20.1 Å². The maximum atomic E-state index is 11.8. The predicted octanol–water partition coefficient (Wildman–Crippen LogP) is -0.487. The van der Waals surface area contributed by atoms with E-state index in [0.717, 1.165) is 13.1 Å². The van der Waals surface area contributed by atoms with Gasteiger partial charge < -0.3 is 10.6 Å². The molecule has 3 atom stereocenters. The first-order chi connectivity index (χ1) is 7.93. The minimum Gasteiger partial charge on any atom is -0.341 e. The number of amides is 3. The Labute approximate surface area is 102 Å². The molecule has 0 aliphatic carbocycles. The number of imide groups is 1. The van der Waals surface area contributed by atoms with Crippen LogP contribution < -0.4 is 16.0 Å². The molecule has 0 spiro atoms. The normalized spacial score (nSPS) is 27.3. The summed E-state index contributed by atoms with van der Waals surface area (Å²) in [6.07, 6.45) is 0. The van der Waals surface area contributed by atoms with Gasteiger partial charge in [-0.05, 0) is 20.8 Å². The molecule has 6 heteroatoms. The van der Waals surface area contributed by atoms with E-state index in [9.17, 15) is 9.59 Å². The number of hydrogen-bond donors (Lipinski definition) is 3. The summed E-state index contributed by atoms with van der Waals surface area (Å²) < 4.78 is 0. The third-order valence-corrected chi connectivity index (χ3v) is 2.98. The number of hydrogen-bond acceptors (Lipinski definition) is 4. The highest BCUT2D eigenvalue weighted by molar-refractivity contribution is 5.96. The third-order valence-electron chi connectivity index (χ3n) is 2.98. The largest absolute Gasteiger partial charge is 0.341 e. The summed E-state index contributed by atoms with van der Waals surface area (Å²) in [5.74, 6) is -0.259. The topological polar surface area (TPSA) is 73.5 Å². The van der Waals surface area contributed by atoms with Gasteiger partial charge in [-0.1, -0.05) is 0 Å². The molecule has 0 saturated carbocycles. The third kappa shape index (κ3) is 3.98. The van der Waals surface area contributed by atoms with Gasteiger partial charge in [0.25, 0.3) is 0 Å². The zero-order valence-electron chi connectivity index (χ0n) is 10.9. The average Bonchev–Trinajstić information content (AvgIpc) is 2.26. The Morgan fingerprint density at radius 1 is 1.29 bits per heavy atom. The number of nitrogens with one attached hydrogen (secondary N) is 3. The van der Waals surface area contributed by atoms with Gasteiger partial charge in [-0.3, -0.25) is 15.0 Å². The molecule has 6 nitrogen and oxygen atoms in total. The van der Waals surface area contributed by atoms with Gasteiger partial charge in [0.05, 0.1) is 6.04 Å². The zero-order valence-corrected chi connectivity index (χ0v) is 10.9. The minimum atomic E-state index is -0.460. The van der Waals surface area contributed by atoms with Crippen molar-refractivity contribution >= 4 is 11.9 Å². The zero-order chi connectivity index (χ0) is 13.0. The van der Waals surface area contributed by atoms with Crippen LogP contribution in [0.5, 0.6) is 0 Å². The van der Waals surface area contributed by atoms with Crippen LogP contribution in [0.4, 0.5) is 4.79 Å². The predicted molar refractivity (Wildman–Crippen MR) is 65.7 cm³/mol. The number of rotatable bonds is 2. The lowest BCUT2D eigenvalue weighted by Crippen LogP contribution is -2.59. The van der Waals surface area contributed by atoms with E-state index in [1.54, 1.807) is 0 Å². The highest BCUT2D eigenvalue weighted by Gasteiger charge is 2.28. The molecule has 1 aliphatic rings. The Hall–Kier alpha value is -1.14. The van der Waals surface area contributed by atoms with E-state index < -0.39 is 6.03 Å². The number of carbonyl (C=O) groups is 2. The first-order valence-corrected chi connectivity index (χ1v) is 5.96. The molecule has 1 fully saturated rings. The number of nitrogens with zero attached hydrogens (tertiary/aromatic N) is 1. The summed E-state index contributed by atoms with van der Waals surface area (Å²) in [7, 11) is 1.49. The maximum Gasteiger partial charge on any atom is 0.321 e. The second kappa shape index (κ2) is 5.97. The summed E-state index contributed by atoms with van der Waals surface area (Å²) in [5, 5.41) is 8.08. The molecular weight excluding hydrogens is 220 g/mol. The quantitative estimate of drug-likeness (QED) is 0.611. The van der Waals surface area contributed by atoms with E-state index in [1.165, 1.54) is 7.05 Å². The van der Waals surface area contributed by atoms with Crippen molar-refractivity contribution in [2.45, 2.75) is 38.9 Å². The molecule has 0 radical (unpaired) electrons. The molecular formula is C11H22N4O2. The van der Waals surface area contributed by atoms with Crippen LogP contribution in [-0.4, -0.2) is 55.1 Å². The van der Waals surface area contributed by atoms with Crippen molar-refractivity contribution in [2.24, 2.45) is 0 Å². The molecule has 1 rings (SSSR count). The molecule has 98 valence electrons. The van der Waals surface area contributed by atoms with Crippen molar-refractivity contribution < 1.29 is 9.59 Å². The van der Waals surface area contributed by atoms with Crippen LogP contribution in [0.3, 0.4) is 0 Å². The van der Waals surface area contributed by atoms with Gasteiger partial charge in [0.1, 0.15) is 0 Å². The first-order valence-electron chi connectivity index (χ1n) is 5.96. The molecule has 1 aliphatic heterocycles. The lowest BCUT2D eigenvalue weighted by atomic mass is 10.1. The van der Waals surface area contributed by atoms with Gasteiger partial charge in [-0.15, -0.1) is 0 Å². The van der Waals surface area contributed by atoms with Crippen LogP contribution in [0.15, 0.2) is 0 Å². The second-order valence-corrected chi connectivity index (χ2v) is 4.67. The van der Waals surface area contributed by atoms with Gasteiger partial charge in [0, 0.05) is 32.2 Å². The maximum absolute atomic E-state index is 11.8. The lowest BCUT2D eigenvalue weighted by Gasteiger charge is -2.38. The average molecular weight is 242 g/mol. The second-order valence-electron chi connectivity index (χ2n) is 4.67. The van der Waals surface area contributed by atoms with Gasteiger partial charge >= 0.3 is 6.03 Å². The standard InChI is InChI=1S/C11H22N4O2/c1-7-5-15(6-8(2)13-7)9(3)10(16)14-11(17)12-4/h7-9,13H,5-6H2,1-4H3,(H2,12,14,16,17). The first kappa shape index (κ1) is 13.9. The van der Waals surface area contributed by atoms with E-state index in [1.807, 2.05) is 6.92 Å². The fraction of sp³-hybridized carbons (Fsp3) is 0.818. The molecule has 0 aromatic rings. The Balaban J connectivity index is 2.53. The summed E-state index contributed by atoms with van der Waals surface area (Å²) >= 11 is 0. The Bertz CT molecular complexity index is 285. The van der Waals surface area contributed by atoms with Crippen molar-refractivity contribution in [1.82, 2.24) is 20.9 Å². The number of carbonyl (C=O) groups excluding carboxylic acids is 2. The van der Waals surface area contributed by atoms with Crippen molar-refractivity contribution in [3.8, 4) is 0 Å². The Morgan fingerprint density at radius 3 is 2.29 bits per heavy atom. The van der Waals surface area contributed by atoms with Crippen LogP contribution in [0.2, 0.25) is 0 Å². The fourth-order valence-corrected chi connectivity index (χ4v) is 2.13. The lowest BCUT2D eigenvalue weighted by molar-refractivity contribution is -0.125. The molecule has 1 saturated heterocycles. The molecule has 3 unspecified atom stereocenters. The summed E-state index contributed by atoms with van der Waals surface area (Å²) in [6.45, 7) is 7.63. The van der Waals surface area contributed by atoms with Crippen LogP contribution in [0.1, 0.15) is 20.8 Å². The van der Waals surface area contributed by atoms with Gasteiger partial charge in [0.2, 0.25) is 5.91 Å². The van der Waals surface area contributed by atoms with Crippen LogP contribution in [0, 0.1) is 0 Å². The minimum absolute atomic E-state index is 0.259. The monoisotopic (exact) mass is 242 g/mol. The highest BCUT2D eigenvalue weighted by atomic mass is 16.2. The smallest absolute Gasteiger partial charge is 0.321 e. The molecule has 1 heterocycles. The van der Waals surface area contributed by atoms with Gasteiger partial charge in [-0.25, -0.2) is 4.79 Å².